The summed E-state index contributed by atoms with van der Waals surface area (Å²) in [7, 11) is 1.59. The van der Waals surface area contributed by atoms with Crippen molar-refractivity contribution >= 4 is 29.1 Å². The largest absolute Gasteiger partial charge is 0.493 e. The molecule has 1 aromatic heterocycles. The number of nitrogens with one attached hydrogen (secondary N) is 2. The number of methoxy groups -OCH3 is 1. The van der Waals surface area contributed by atoms with Crippen LogP contribution in [0.25, 0.3) is 0 Å². The molecule has 3 aromatic rings. The zero-order valence-corrected chi connectivity index (χ0v) is 18.1. The zero-order valence-electron chi connectivity index (χ0n) is 17.3. The van der Waals surface area contributed by atoms with Gasteiger partial charge in [0.1, 0.15) is 12.4 Å². The van der Waals surface area contributed by atoms with Gasteiger partial charge in [-0.15, -0.1) is 0 Å². The Bertz CT molecular complexity index is 1140. The van der Waals surface area contributed by atoms with Crippen molar-refractivity contribution in [1.29, 1.82) is 0 Å². The lowest BCUT2D eigenvalue weighted by atomic mass is 9.94. The van der Waals surface area contributed by atoms with E-state index in [-0.39, 0.29) is 5.91 Å². The third kappa shape index (κ3) is 4.06. The molecule has 0 fully saturated rings. The van der Waals surface area contributed by atoms with Crippen LogP contribution in [0.4, 0.5) is 11.6 Å². The maximum atomic E-state index is 13.4. The number of hydrogen-bond donors (Lipinski definition) is 2. The Labute approximate surface area is 184 Å². The predicted octanol–water partition coefficient (Wildman–Crippen LogP) is 4.27. The van der Waals surface area contributed by atoms with E-state index in [0.29, 0.717) is 46.0 Å². The number of fused-ring (bicyclic) bond motifs is 1. The van der Waals surface area contributed by atoms with Gasteiger partial charge in [0, 0.05) is 16.4 Å². The Morgan fingerprint density at radius 3 is 2.71 bits per heavy atom. The molecule has 1 aliphatic rings. The van der Waals surface area contributed by atoms with Crippen LogP contribution in [0.15, 0.2) is 60.1 Å². The highest BCUT2D eigenvalue weighted by molar-refractivity contribution is 6.30. The van der Waals surface area contributed by atoms with E-state index in [4.69, 9.17) is 21.1 Å². The summed E-state index contributed by atoms with van der Waals surface area (Å²) >= 11 is 5.96. The van der Waals surface area contributed by atoms with E-state index < -0.39 is 6.04 Å². The number of nitrogens with zero attached hydrogens (tertiary/aromatic N) is 3. The SMILES string of the molecule is CCOc1cc([C@@H]2C(C(=O)Nc3ccc(Cl)cc3)=C(C)Nc3ncnn32)ccc1OC. The van der Waals surface area contributed by atoms with E-state index >= 15 is 0 Å². The van der Waals surface area contributed by atoms with Crippen molar-refractivity contribution in [3.63, 3.8) is 0 Å². The van der Waals surface area contributed by atoms with E-state index in [1.807, 2.05) is 32.0 Å². The summed E-state index contributed by atoms with van der Waals surface area (Å²) < 4.78 is 12.8. The first kappa shape index (κ1) is 20.7. The molecule has 31 heavy (non-hydrogen) atoms. The Hall–Kier alpha value is -3.52. The van der Waals surface area contributed by atoms with Crippen LogP contribution in [0.2, 0.25) is 5.02 Å². The van der Waals surface area contributed by atoms with Crippen molar-refractivity contribution in [3.05, 3.63) is 70.6 Å². The summed E-state index contributed by atoms with van der Waals surface area (Å²) in [5.41, 5.74) is 2.66. The molecule has 0 saturated carbocycles. The van der Waals surface area contributed by atoms with Crippen LogP contribution in [0.5, 0.6) is 11.5 Å². The predicted molar refractivity (Wildman–Crippen MR) is 119 cm³/mol. The van der Waals surface area contributed by atoms with Gasteiger partial charge in [-0.3, -0.25) is 4.79 Å². The number of ether oxygens (including phenoxy) is 2. The van der Waals surface area contributed by atoms with Gasteiger partial charge in [-0.2, -0.15) is 10.1 Å². The average molecular weight is 440 g/mol. The minimum atomic E-state index is -0.504. The molecule has 0 radical (unpaired) electrons. The molecule has 2 heterocycles. The third-order valence-electron chi connectivity index (χ3n) is 4.94. The van der Waals surface area contributed by atoms with Gasteiger partial charge in [0.05, 0.1) is 19.3 Å². The first-order chi connectivity index (χ1) is 15.0. The first-order valence-corrected chi connectivity index (χ1v) is 10.1. The fraction of sp³-hybridized carbons (Fsp3) is 0.227. The second kappa shape index (κ2) is 8.69. The maximum absolute atomic E-state index is 13.4. The van der Waals surface area contributed by atoms with Gasteiger partial charge in [-0.05, 0) is 55.8 Å². The molecule has 0 saturated heterocycles. The monoisotopic (exact) mass is 439 g/mol. The molecule has 0 bridgehead atoms. The fourth-order valence-corrected chi connectivity index (χ4v) is 3.68. The number of halogens is 1. The van der Waals surface area contributed by atoms with Gasteiger partial charge in [-0.25, -0.2) is 4.68 Å². The highest BCUT2D eigenvalue weighted by atomic mass is 35.5. The number of allylic oxidation sites excluding steroid dienone is 1. The van der Waals surface area contributed by atoms with Crippen LogP contribution in [0.1, 0.15) is 25.5 Å². The molecular weight excluding hydrogens is 418 g/mol. The molecule has 0 spiro atoms. The van der Waals surface area contributed by atoms with Crippen molar-refractivity contribution in [1.82, 2.24) is 14.8 Å². The second-order valence-corrected chi connectivity index (χ2v) is 7.34. The number of carbonyl (C=O) groups is 1. The van der Waals surface area contributed by atoms with Crippen LogP contribution < -0.4 is 20.1 Å². The molecule has 8 nitrogen and oxygen atoms in total. The highest BCUT2D eigenvalue weighted by Crippen LogP contribution is 2.38. The molecule has 4 rings (SSSR count). The van der Waals surface area contributed by atoms with Gasteiger partial charge >= 0.3 is 0 Å². The normalized spacial score (nSPS) is 15.2. The second-order valence-electron chi connectivity index (χ2n) is 6.90. The van der Waals surface area contributed by atoms with Crippen LogP contribution in [0.3, 0.4) is 0 Å². The van der Waals surface area contributed by atoms with Gasteiger partial charge in [-0.1, -0.05) is 17.7 Å². The number of benzene rings is 2. The number of hydrogen-bond acceptors (Lipinski definition) is 6. The van der Waals surface area contributed by atoms with Crippen LogP contribution in [0, 0.1) is 0 Å². The van der Waals surface area contributed by atoms with Crippen LogP contribution >= 0.6 is 11.6 Å². The van der Waals surface area contributed by atoms with Gasteiger partial charge < -0.3 is 20.1 Å². The minimum absolute atomic E-state index is 0.257. The summed E-state index contributed by atoms with van der Waals surface area (Å²) in [5.74, 6) is 1.51. The van der Waals surface area contributed by atoms with E-state index in [1.165, 1.54) is 6.33 Å². The molecule has 2 aromatic carbocycles. The topological polar surface area (TPSA) is 90.3 Å². The number of amides is 1. The highest BCUT2D eigenvalue weighted by Gasteiger charge is 2.34. The van der Waals surface area contributed by atoms with Crippen molar-refractivity contribution < 1.29 is 14.3 Å². The van der Waals surface area contributed by atoms with E-state index in [2.05, 4.69) is 20.7 Å². The smallest absolute Gasteiger partial charge is 0.255 e. The molecule has 2 N–H and O–H groups in total. The maximum Gasteiger partial charge on any atom is 0.255 e. The molecule has 9 heteroatoms. The van der Waals surface area contributed by atoms with Gasteiger partial charge in [0.2, 0.25) is 5.95 Å². The fourth-order valence-electron chi connectivity index (χ4n) is 3.56. The zero-order chi connectivity index (χ0) is 22.0. The summed E-state index contributed by atoms with van der Waals surface area (Å²) in [6.07, 6.45) is 1.45. The van der Waals surface area contributed by atoms with Crippen LogP contribution in [-0.4, -0.2) is 34.4 Å². The first-order valence-electron chi connectivity index (χ1n) is 9.76. The van der Waals surface area contributed by atoms with Crippen molar-refractivity contribution in [2.75, 3.05) is 24.4 Å². The van der Waals surface area contributed by atoms with Crippen molar-refractivity contribution in [3.8, 4) is 11.5 Å². The lowest BCUT2D eigenvalue weighted by molar-refractivity contribution is -0.113. The van der Waals surface area contributed by atoms with Crippen molar-refractivity contribution in [2.45, 2.75) is 19.9 Å². The quantitative estimate of drug-likeness (QED) is 0.596. The molecule has 0 unspecified atom stereocenters. The molecule has 1 aliphatic heterocycles. The summed E-state index contributed by atoms with van der Waals surface area (Å²) in [4.78, 5) is 17.6. The number of carbonyl (C=O) groups excluding carboxylic acids is 1. The van der Waals surface area contributed by atoms with E-state index in [9.17, 15) is 4.79 Å². The van der Waals surface area contributed by atoms with Crippen LogP contribution in [-0.2, 0) is 4.79 Å². The number of anilines is 2. The molecule has 1 amide bonds. The Kier molecular flexibility index (Phi) is 5.81. The lowest BCUT2D eigenvalue weighted by Crippen LogP contribution is -2.31. The summed E-state index contributed by atoms with van der Waals surface area (Å²) in [6, 6.07) is 12.0. The molecule has 1 atom stereocenters. The van der Waals surface area contributed by atoms with Gasteiger partial charge in [0.25, 0.3) is 5.91 Å². The summed E-state index contributed by atoms with van der Waals surface area (Å²) in [6.45, 7) is 4.23. The Balaban J connectivity index is 1.77. The molecular formula is C22H22ClN5O3. The number of rotatable bonds is 6. The Morgan fingerprint density at radius 2 is 2.00 bits per heavy atom. The number of aromatic nitrogens is 3. The average Bonchev–Trinajstić information content (AvgIpc) is 3.22. The van der Waals surface area contributed by atoms with E-state index in [1.54, 1.807) is 36.1 Å². The lowest BCUT2D eigenvalue weighted by Gasteiger charge is -2.29. The Morgan fingerprint density at radius 1 is 1.23 bits per heavy atom. The summed E-state index contributed by atoms with van der Waals surface area (Å²) in [5, 5.41) is 11.1. The van der Waals surface area contributed by atoms with E-state index in [0.717, 1.165) is 5.56 Å². The molecule has 0 aliphatic carbocycles. The third-order valence-corrected chi connectivity index (χ3v) is 5.20. The van der Waals surface area contributed by atoms with Crippen molar-refractivity contribution in [2.24, 2.45) is 0 Å². The minimum Gasteiger partial charge on any atom is -0.493 e. The van der Waals surface area contributed by atoms with Gasteiger partial charge in [0.15, 0.2) is 11.5 Å². The standard InChI is InChI=1S/C22H22ClN5O3/c1-4-31-18-11-14(5-10-17(18)30-3)20-19(13(2)26-22-24-12-25-28(20)22)21(29)27-16-8-6-15(23)7-9-16/h5-12,20H,4H2,1-3H3,(H,27,29)(H,24,25,26)/t20-/m1/s1. The molecule has 160 valence electrons.